The van der Waals surface area contributed by atoms with Crippen LogP contribution >= 0.6 is 0 Å². The second-order valence-corrected chi connectivity index (χ2v) is 0. The molecule has 0 saturated heterocycles. The summed E-state index contributed by atoms with van der Waals surface area (Å²) in [6.07, 6.45) is 0. The maximum absolute atomic E-state index is 0. The number of hydrogen-bond acceptors (Lipinski definition) is 0. The van der Waals surface area contributed by atoms with Crippen LogP contribution in [-0.4, -0.2) is 0 Å². The van der Waals surface area contributed by atoms with Crippen LogP contribution in [0.4, 0.5) is 0 Å². The van der Waals surface area contributed by atoms with Crippen molar-refractivity contribution in [2.45, 2.75) is 0 Å². The smallest absolute Gasteiger partial charge is 2.00 e. The first-order valence-corrected chi connectivity index (χ1v) is 0. The van der Waals surface area contributed by atoms with Crippen LogP contribution in [-0.2, 0) is 61.5 Å². The molecule has 0 aromatic rings. The third-order valence-electron chi connectivity index (χ3n) is 0. The predicted molar refractivity (Wildman–Crippen MR) is 3.43 cm³/mol. The Morgan fingerprint density at radius 1 is 0.333 bits per heavy atom. The molecule has 5 nitrogen and oxygen atoms in total. The van der Waals surface area contributed by atoms with E-state index in [1.165, 1.54) is 0 Å². The van der Waals surface area contributed by atoms with Gasteiger partial charge in [0.2, 0.25) is 0 Å². The fourth-order valence-electron chi connectivity index (χ4n) is 0. The second kappa shape index (κ2) is 113. The van der Waals surface area contributed by atoms with Gasteiger partial charge in [0.15, 0.2) is 0 Å². The SMILES string of the molecule is [Cu+2].[Cu+2].[La+3].[La+3].[O-2].[O-2].[O-2].[O-2].[O-2]. The molecule has 0 aromatic heterocycles. The Hall–Kier alpha value is 3.23. The minimum Gasteiger partial charge on any atom is -2.00 e. The van der Waals surface area contributed by atoms with E-state index >= 15 is 0 Å². The summed E-state index contributed by atoms with van der Waals surface area (Å²) in [4.78, 5) is 0. The zero-order valence-electron chi connectivity index (χ0n) is 3.80. The summed E-state index contributed by atoms with van der Waals surface area (Å²) in [5.41, 5.74) is 0. The molecular weight excluding hydrogens is 485 g/mol. The minimum atomic E-state index is 0. The van der Waals surface area contributed by atoms with Crippen molar-refractivity contribution >= 4 is 0 Å². The zero-order valence-corrected chi connectivity index (χ0v) is 12.9. The van der Waals surface area contributed by atoms with Crippen molar-refractivity contribution in [3.63, 3.8) is 0 Å². The van der Waals surface area contributed by atoms with Crippen LogP contribution in [0.25, 0.3) is 0 Å². The average Bonchev–Trinajstić information content (AvgIpc) is 0. The third-order valence-corrected chi connectivity index (χ3v) is 0. The molecule has 2 radical (unpaired) electrons. The Labute approximate surface area is 130 Å². The quantitative estimate of drug-likeness (QED) is 0.405. The van der Waals surface area contributed by atoms with Gasteiger partial charge in [0, 0.05) is 0 Å². The molecule has 0 N–H and O–H groups in total. The Morgan fingerprint density at radius 2 is 0.333 bits per heavy atom. The number of hydrogen-bond donors (Lipinski definition) is 0. The molecule has 0 aliphatic heterocycles. The first-order valence-electron chi connectivity index (χ1n) is 0. The summed E-state index contributed by atoms with van der Waals surface area (Å²) in [7, 11) is 0. The van der Waals surface area contributed by atoms with E-state index in [1.807, 2.05) is 0 Å². The molecule has 0 bridgehead atoms. The summed E-state index contributed by atoms with van der Waals surface area (Å²) in [5, 5.41) is 0. The average molecular weight is 485 g/mol. The molecule has 0 aliphatic rings. The van der Waals surface area contributed by atoms with E-state index in [0.717, 1.165) is 0 Å². The van der Waals surface area contributed by atoms with Gasteiger partial charge >= 0.3 is 105 Å². The first kappa shape index (κ1) is 148. The van der Waals surface area contributed by atoms with Crippen molar-refractivity contribution in [3.8, 4) is 0 Å². The minimum absolute atomic E-state index is 0. The van der Waals surface area contributed by atoms with Crippen LogP contribution in [0.5, 0.6) is 0 Å². The van der Waals surface area contributed by atoms with Crippen molar-refractivity contribution in [2.24, 2.45) is 0 Å². The molecule has 0 atom stereocenters. The normalized spacial score (nSPS) is 0. The van der Waals surface area contributed by atoms with Gasteiger partial charge < -0.3 is 27.4 Å². The van der Waals surface area contributed by atoms with E-state index in [4.69, 9.17) is 0 Å². The second-order valence-electron chi connectivity index (χ2n) is 0. The van der Waals surface area contributed by atoms with E-state index in [-0.39, 0.29) is 133 Å². The summed E-state index contributed by atoms with van der Waals surface area (Å²) < 4.78 is 0. The molecule has 9 heteroatoms. The van der Waals surface area contributed by atoms with E-state index in [2.05, 4.69) is 0 Å². The molecule has 0 rings (SSSR count). The van der Waals surface area contributed by atoms with E-state index in [9.17, 15) is 0 Å². The summed E-state index contributed by atoms with van der Waals surface area (Å²) in [6, 6.07) is 0. The van der Waals surface area contributed by atoms with Gasteiger partial charge in [0.05, 0.1) is 0 Å². The standard InChI is InChI=1S/2Cu.2La.5O/q2*+2;2*+3;5*-2. The van der Waals surface area contributed by atoms with Gasteiger partial charge in [-0.05, 0) is 0 Å². The van der Waals surface area contributed by atoms with Crippen molar-refractivity contribution in [2.75, 3.05) is 0 Å². The van der Waals surface area contributed by atoms with Crippen LogP contribution in [0.1, 0.15) is 0 Å². The van der Waals surface area contributed by atoms with Crippen molar-refractivity contribution in [3.05, 3.63) is 0 Å². The Kier molecular flexibility index (Phi) is 1850. The Bertz CT molecular complexity index is 12.9. The van der Waals surface area contributed by atoms with Gasteiger partial charge in [0.1, 0.15) is 0 Å². The fraction of sp³-hybridized carbons (Fsp3) is 0. The van der Waals surface area contributed by atoms with Gasteiger partial charge in [-0.3, -0.25) is 0 Å². The van der Waals surface area contributed by atoms with Gasteiger partial charge in [-0.15, -0.1) is 0 Å². The van der Waals surface area contributed by atoms with Gasteiger partial charge in [0.25, 0.3) is 0 Å². The van der Waals surface area contributed by atoms with E-state index in [0.29, 0.717) is 0 Å². The molecule has 0 aromatic carbocycles. The Morgan fingerprint density at radius 3 is 0.333 bits per heavy atom. The maximum Gasteiger partial charge on any atom is 3.00 e. The van der Waals surface area contributed by atoms with Gasteiger partial charge in [-0.25, -0.2) is 0 Å². The largest absolute Gasteiger partial charge is 3.00 e. The first-order chi connectivity index (χ1) is 0. The maximum atomic E-state index is 0. The molecule has 0 heterocycles. The molecule has 0 unspecified atom stereocenters. The summed E-state index contributed by atoms with van der Waals surface area (Å²) in [5.74, 6) is 0. The van der Waals surface area contributed by atoms with Gasteiger partial charge in [-0.1, -0.05) is 0 Å². The van der Waals surface area contributed by atoms with Crippen LogP contribution in [0.15, 0.2) is 0 Å². The Balaban J connectivity index is 0. The van der Waals surface area contributed by atoms with Crippen LogP contribution in [0.2, 0.25) is 0 Å². The summed E-state index contributed by atoms with van der Waals surface area (Å²) in [6.45, 7) is 0. The third kappa shape index (κ3) is 91.7. The van der Waals surface area contributed by atoms with Crippen LogP contribution in [0.3, 0.4) is 0 Å². The topological polar surface area (TPSA) is 142 Å². The molecular formula is Cu2La2O5. The zero-order chi connectivity index (χ0) is 0. The fourth-order valence-corrected chi connectivity index (χ4v) is 0. The van der Waals surface area contributed by atoms with Crippen LogP contribution < -0.4 is 0 Å². The molecule has 58 valence electrons. The van der Waals surface area contributed by atoms with Crippen molar-refractivity contribution in [1.29, 1.82) is 0 Å². The molecule has 0 saturated carbocycles. The van der Waals surface area contributed by atoms with E-state index in [1.54, 1.807) is 0 Å². The number of rotatable bonds is 0. The van der Waals surface area contributed by atoms with Crippen molar-refractivity contribution in [1.82, 2.24) is 0 Å². The van der Waals surface area contributed by atoms with Crippen LogP contribution in [0, 0.1) is 71.2 Å². The van der Waals surface area contributed by atoms with Crippen molar-refractivity contribution < 1.29 is 133 Å². The monoisotopic (exact) mass is 484 g/mol. The molecule has 0 spiro atoms. The molecule has 0 amide bonds. The van der Waals surface area contributed by atoms with Gasteiger partial charge in [-0.2, -0.15) is 0 Å². The molecule has 9 heavy (non-hydrogen) atoms. The molecule has 0 aliphatic carbocycles. The molecule has 0 fully saturated rings. The predicted octanol–water partition coefficient (Wildman–Crippen LogP) is -0.599. The summed E-state index contributed by atoms with van der Waals surface area (Å²) >= 11 is 0. The van der Waals surface area contributed by atoms with E-state index < -0.39 is 0 Å².